The molecule has 0 aromatic heterocycles. The Morgan fingerprint density at radius 1 is 0.964 bits per heavy atom. The van der Waals surface area contributed by atoms with Crippen LogP contribution in [-0.2, 0) is 6.42 Å². The normalized spacial score (nSPS) is 11.0. The summed E-state index contributed by atoms with van der Waals surface area (Å²) in [4.78, 5) is 12.1. The molecule has 2 rings (SSSR count). The average Bonchev–Trinajstić information content (AvgIpc) is 2.63. The number of carbonyl (C=O) groups excluding carboxylic acids is 1. The van der Waals surface area contributed by atoms with E-state index >= 15 is 0 Å². The lowest BCUT2D eigenvalue weighted by molar-refractivity contribution is -0.274. The number of amides is 1. The fourth-order valence-electron chi connectivity index (χ4n) is 2.48. The Kier molecular flexibility index (Phi) is 7.54. The Morgan fingerprint density at radius 3 is 2.21 bits per heavy atom. The summed E-state index contributed by atoms with van der Waals surface area (Å²) in [5.41, 5.74) is 1.21. The second-order valence-electron chi connectivity index (χ2n) is 5.73. The highest BCUT2D eigenvalue weighted by Crippen LogP contribution is 2.28. The number of rotatable bonds is 9. The minimum Gasteiger partial charge on any atom is -0.490 e. The minimum absolute atomic E-state index is 0.247. The average molecular weight is 397 g/mol. The molecular formula is C20H22F3NO4. The monoisotopic (exact) mass is 397 g/mol. The third-order valence-electron chi connectivity index (χ3n) is 3.66. The second-order valence-corrected chi connectivity index (χ2v) is 5.73. The summed E-state index contributed by atoms with van der Waals surface area (Å²) < 4.78 is 51.3. The van der Waals surface area contributed by atoms with Crippen LogP contribution in [0.15, 0.2) is 42.5 Å². The number of hydrogen-bond donors (Lipinski definition) is 1. The molecule has 0 unspecified atom stereocenters. The number of nitrogens with one attached hydrogen (secondary N) is 1. The fourth-order valence-corrected chi connectivity index (χ4v) is 2.48. The smallest absolute Gasteiger partial charge is 0.490 e. The molecule has 0 radical (unpaired) electrons. The standard InChI is InChI=1S/C20H22F3NO4/c1-3-26-17-10-5-14(13-18(17)27-4-2)11-12-24-19(25)15-6-8-16(9-7-15)28-20(21,22)23/h5-10,13H,3-4,11-12H2,1-2H3,(H,24,25). The molecule has 0 heterocycles. The second kappa shape index (κ2) is 9.87. The van der Waals surface area contributed by atoms with Gasteiger partial charge in [-0.1, -0.05) is 6.07 Å². The first kappa shape index (κ1) is 21.4. The molecule has 0 atom stereocenters. The summed E-state index contributed by atoms with van der Waals surface area (Å²) in [6, 6.07) is 10.3. The molecule has 2 aromatic rings. The van der Waals surface area contributed by atoms with Crippen molar-refractivity contribution >= 4 is 5.91 Å². The van der Waals surface area contributed by atoms with Crippen LogP contribution in [0, 0.1) is 0 Å². The zero-order chi connectivity index (χ0) is 20.6. The number of alkyl halides is 3. The molecule has 0 spiro atoms. The van der Waals surface area contributed by atoms with Crippen molar-refractivity contribution in [3.05, 3.63) is 53.6 Å². The molecule has 0 saturated heterocycles. The van der Waals surface area contributed by atoms with E-state index in [0.717, 1.165) is 17.7 Å². The van der Waals surface area contributed by atoms with Crippen LogP contribution in [0.4, 0.5) is 13.2 Å². The molecule has 0 aliphatic heterocycles. The van der Waals surface area contributed by atoms with Gasteiger partial charge in [0.15, 0.2) is 11.5 Å². The zero-order valence-electron chi connectivity index (χ0n) is 15.6. The van der Waals surface area contributed by atoms with E-state index in [-0.39, 0.29) is 17.2 Å². The molecule has 1 amide bonds. The van der Waals surface area contributed by atoms with Gasteiger partial charge in [0.1, 0.15) is 5.75 Å². The van der Waals surface area contributed by atoms with Gasteiger partial charge in [0.2, 0.25) is 0 Å². The summed E-state index contributed by atoms with van der Waals surface area (Å²) in [6.45, 7) is 5.17. The van der Waals surface area contributed by atoms with Crippen molar-refractivity contribution < 1.29 is 32.2 Å². The third-order valence-corrected chi connectivity index (χ3v) is 3.66. The minimum atomic E-state index is -4.76. The van der Waals surface area contributed by atoms with Crippen molar-refractivity contribution in [1.29, 1.82) is 0 Å². The van der Waals surface area contributed by atoms with Gasteiger partial charge >= 0.3 is 6.36 Å². The van der Waals surface area contributed by atoms with Crippen LogP contribution in [0.5, 0.6) is 17.2 Å². The van der Waals surface area contributed by atoms with Crippen LogP contribution in [0.3, 0.4) is 0 Å². The van der Waals surface area contributed by atoms with Crippen LogP contribution in [0.1, 0.15) is 29.8 Å². The first-order valence-corrected chi connectivity index (χ1v) is 8.85. The van der Waals surface area contributed by atoms with Gasteiger partial charge in [-0.25, -0.2) is 0 Å². The van der Waals surface area contributed by atoms with Crippen LogP contribution >= 0.6 is 0 Å². The molecule has 152 valence electrons. The maximum absolute atomic E-state index is 12.2. The van der Waals surface area contributed by atoms with E-state index < -0.39 is 6.36 Å². The Bertz CT molecular complexity index is 776. The highest BCUT2D eigenvalue weighted by Gasteiger charge is 2.31. The number of ether oxygens (including phenoxy) is 3. The van der Waals surface area contributed by atoms with E-state index in [0.29, 0.717) is 37.7 Å². The van der Waals surface area contributed by atoms with Crippen LogP contribution in [0.2, 0.25) is 0 Å². The summed E-state index contributed by atoms with van der Waals surface area (Å²) in [5, 5.41) is 2.73. The molecule has 0 fully saturated rings. The van der Waals surface area contributed by atoms with Crippen LogP contribution in [-0.4, -0.2) is 32.0 Å². The summed E-state index contributed by atoms with van der Waals surface area (Å²) in [6.07, 6.45) is -4.20. The van der Waals surface area contributed by atoms with Crippen LogP contribution < -0.4 is 19.5 Å². The van der Waals surface area contributed by atoms with Gasteiger partial charge in [0.05, 0.1) is 13.2 Å². The number of benzene rings is 2. The van der Waals surface area contributed by atoms with E-state index in [1.807, 2.05) is 32.0 Å². The largest absolute Gasteiger partial charge is 0.573 e. The van der Waals surface area contributed by atoms with Gasteiger partial charge in [-0.2, -0.15) is 0 Å². The molecule has 0 aliphatic rings. The maximum Gasteiger partial charge on any atom is 0.573 e. The molecule has 5 nitrogen and oxygen atoms in total. The SMILES string of the molecule is CCOc1ccc(CCNC(=O)c2ccc(OC(F)(F)F)cc2)cc1OCC. The van der Waals surface area contributed by atoms with Gasteiger partial charge in [0.25, 0.3) is 5.91 Å². The number of hydrogen-bond acceptors (Lipinski definition) is 4. The van der Waals surface area contributed by atoms with Crippen molar-refractivity contribution in [1.82, 2.24) is 5.32 Å². The van der Waals surface area contributed by atoms with Gasteiger partial charge < -0.3 is 19.5 Å². The van der Waals surface area contributed by atoms with Crippen molar-refractivity contribution in [2.75, 3.05) is 19.8 Å². The lowest BCUT2D eigenvalue weighted by Gasteiger charge is -2.13. The van der Waals surface area contributed by atoms with E-state index in [9.17, 15) is 18.0 Å². The molecule has 0 saturated carbocycles. The van der Waals surface area contributed by atoms with E-state index in [2.05, 4.69) is 10.1 Å². The van der Waals surface area contributed by atoms with Crippen molar-refractivity contribution in [3.8, 4) is 17.2 Å². The molecule has 0 bridgehead atoms. The molecule has 1 N–H and O–H groups in total. The lowest BCUT2D eigenvalue weighted by atomic mass is 10.1. The van der Waals surface area contributed by atoms with Gasteiger partial charge in [-0.3, -0.25) is 4.79 Å². The number of carbonyl (C=O) groups is 1. The molecule has 2 aromatic carbocycles. The highest BCUT2D eigenvalue weighted by molar-refractivity contribution is 5.94. The Hall–Kier alpha value is -2.90. The van der Waals surface area contributed by atoms with Crippen molar-refractivity contribution in [2.45, 2.75) is 26.6 Å². The summed E-state index contributed by atoms with van der Waals surface area (Å²) in [7, 11) is 0. The van der Waals surface area contributed by atoms with Crippen molar-refractivity contribution in [3.63, 3.8) is 0 Å². The van der Waals surface area contributed by atoms with E-state index in [1.54, 1.807) is 0 Å². The first-order chi connectivity index (χ1) is 13.3. The molecule has 0 aliphatic carbocycles. The van der Waals surface area contributed by atoms with E-state index in [1.165, 1.54) is 12.1 Å². The fraction of sp³-hybridized carbons (Fsp3) is 0.350. The predicted octanol–water partition coefficient (Wildman–Crippen LogP) is 4.36. The Morgan fingerprint density at radius 2 is 1.61 bits per heavy atom. The van der Waals surface area contributed by atoms with Gasteiger partial charge in [0, 0.05) is 12.1 Å². The molecule has 8 heteroatoms. The van der Waals surface area contributed by atoms with E-state index in [4.69, 9.17) is 9.47 Å². The predicted molar refractivity (Wildman–Crippen MR) is 97.9 cm³/mol. The lowest BCUT2D eigenvalue weighted by Crippen LogP contribution is -2.25. The van der Waals surface area contributed by atoms with Crippen molar-refractivity contribution in [2.24, 2.45) is 0 Å². The Labute approximate surface area is 161 Å². The van der Waals surface area contributed by atoms with Gasteiger partial charge in [-0.15, -0.1) is 13.2 Å². The Balaban J connectivity index is 1.90. The number of halogens is 3. The topological polar surface area (TPSA) is 56.8 Å². The summed E-state index contributed by atoms with van der Waals surface area (Å²) >= 11 is 0. The maximum atomic E-state index is 12.2. The first-order valence-electron chi connectivity index (χ1n) is 8.85. The molecule has 28 heavy (non-hydrogen) atoms. The van der Waals surface area contributed by atoms with Gasteiger partial charge in [-0.05, 0) is 62.2 Å². The molecular weight excluding hydrogens is 375 g/mol. The zero-order valence-corrected chi connectivity index (χ0v) is 15.6. The highest BCUT2D eigenvalue weighted by atomic mass is 19.4. The third kappa shape index (κ3) is 6.68. The quantitative estimate of drug-likeness (QED) is 0.683. The van der Waals surface area contributed by atoms with Crippen LogP contribution in [0.25, 0.3) is 0 Å². The summed E-state index contributed by atoms with van der Waals surface area (Å²) in [5.74, 6) is 0.558.